The van der Waals surface area contributed by atoms with Crippen molar-refractivity contribution in [2.75, 3.05) is 4.43 Å². The van der Waals surface area contributed by atoms with Gasteiger partial charge in [0.25, 0.3) is 0 Å². The van der Waals surface area contributed by atoms with E-state index in [0.717, 1.165) is 21.3 Å². The molecule has 0 aromatic heterocycles. The minimum absolute atomic E-state index is 0.227. The Kier molecular flexibility index (Phi) is 3.54. The summed E-state index contributed by atoms with van der Waals surface area (Å²) in [6, 6.07) is 16.5. The Morgan fingerprint density at radius 2 is 1.80 bits per heavy atom. The van der Waals surface area contributed by atoms with Gasteiger partial charge in [0.2, 0.25) is 5.90 Å². The van der Waals surface area contributed by atoms with Crippen LogP contribution in [0.15, 0.2) is 53.5 Å². The van der Waals surface area contributed by atoms with E-state index in [9.17, 15) is 0 Å². The summed E-state index contributed by atoms with van der Waals surface area (Å²) in [6.45, 7) is 4.24. The fourth-order valence-electron chi connectivity index (χ4n) is 2.33. The van der Waals surface area contributed by atoms with Gasteiger partial charge in [-0.05, 0) is 32.0 Å². The van der Waals surface area contributed by atoms with Crippen molar-refractivity contribution in [3.05, 3.63) is 65.2 Å². The number of ether oxygens (including phenoxy) is 1. The summed E-state index contributed by atoms with van der Waals surface area (Å²) < 4.78 is 6.92. The van der Waals surface area contributed by atoms with Crippen molar-refractivity contribution in [2.24, 2.45) is 4.99 Å². The molecule has 0 aliphatic carbocycles. The summed E-state index contributed by atoms with van der Waals surface area (Å²) in [6.07, 6.45) is 0. The summed E-state index contributed by atoms with van der Waals surface area (Å²) >= 11 is 2.39. The molecule has 0 amide bonds. The number of fused-ring (bicyclic) bond motifs is 1. The average molecular weight is 377 g/mol. The van der Waals surface area contributed by atoms with Crippen LogP contribution in [0.3, 0.4) is 0 Å². The zero-order valence-corrected chi connectivity index (χ0v) is 13.7. The zero-order valence-electron chi connectivity index (χ0n) is 11.6. The number of alkyl halides is 1. The fraction of sp³-hybridized carbons (Fsp3) is 0.235. The Hall–Kier alpha value is -1.36. The quantitative estimate of drug-likeness (QED) is 0.559. The van der Waals surface area contributed by atoms with Crippen LogP contribution in [-0.4, -0.2) is 10.3 Å². The summed E-state index contributed by atoms with van der Waals surface area (Å²) in [5.41, 5.74) is 3.20. The van der Waals surface area contributed by atoms with E-state index in [1.54, 1.807) is 0 Å². The number of aryl methyl sites for hydroxylation is 1. The third-order valence-corrected chi connectivity index (χ3v) is 5.07. The van der Waals surface area contributed by atoms with Crippen molar-refractivity contribution in [2.45, 2.75) is 19.4 Å². The summed E-state index contributed by atoms with van der Waals surface area (Å²) in [7, 11) is 0. The summed E-state index contributed by atoms with van der Waals surface area (Å²) in [5.74, 6) is 1.63. The molecule has 0 saturated heterocycles. The maximum absolute atomic E-state index is 6.00. The standard InChI is InChI=1S/C17H16INO/c1-12-7-9-13(10-8-12)16-19-17(2,11-18)14-5-3-4-6-15(14)20-16/h3-10H,11H2,1-2H3. The maximum Gasteiger partial charge on any atom is 0.222 e. The zero-order chi connectivity index (χ0) is 14.2. The molecule has 0 radical (unpaired) electrons. The Morgan fingerprint density at radius 3 is 2.50 bits per heavy atom. The van der Waals surface area contributed by atoms with Crippen molar-refractivity contribution in [1.82, 2.24) is 0 Å². The average Bonchev–Trinajstić information content (AvgIpc) is 2.48. The Bertz CT molecular complexity index is 663. The summed E-state index contributed by atoms with van der Waals surface area (Å²) in [4.78, 5) is 4.86. The topological polar surface area (TPSA) is 21.6 Å². The summed E-state index contributed by atoms with van der Waals surface area (Å²) in [5, 5.41) is 0. The lowest BCUT2D eigenvalue weighted by Gasteiger charge is -2.31. The van der Waals surface area contributed by atoms with Gasteiger partial charge in [0.1, 0.15) is 5.75 Å². The predicted molar refractivity (Wildman–Crippen MR) is 91.0 cm³/mol. The second-order valence-corrected chi connectivity index (χ2v) is 6.05. The normalized spacial score (nSPS) is 20.9. The SMILES string of the molecule is Cc1ccc(C2=NC(C)(CI)c3ccccc3O2)cc1. The molecule has 1 aliphatic heterocycles. The number of benzene rings is 2. The van der Waals surface area contributed by atoms with Crippen LogP contribution >= 0.6 is 22.6 Å². The highest BCUT2D eigenvalue weighted by atomic mass is 127. The van der Waals surface area contributed by atoms with Crippen LogP contribution in [-0.2, 0) is 5.54 Å². The van der Waals surface area contributed by atoms with E-state index in [1.165, 1.54) is 5.56 Å². The van der Waals surface area contributed by atoms with Crippen LogP contribution in [0, 0.1) is 6.92 Å². The second kappa shape index (κ2) is 5.20. The van der Waals surface area contributed by atoms with E-state index in [0.29, 0.717) is 5.90 Å². The van der Waals surface area contributed by atoms with E-state index < -0.39 is 0 Å². The lowest BCUT2D eigenvalue weighted by Crippen LogP contribution is -2.31. The van der Waals surface area contributed by atoms with Gasteiger partial charge in [-0.3, -0.25) is 0 Å². The number of hydrogen-bond acceptors (Lipinski definition) is 2. The minimum Gasteiger partial charge on any atom is -0.438 e. The van der Waals surface area contributed by atoms with Gasteiger partial charge in [0.05, 0.1) is 5.54 Å². The highest BCUT2D eigenvalue weighted by Crippen LogP contribution is 2.38. The number of hydrogen-bond donors (Lipinski definition) is 0. The lowest BCUT2D eigenvalue weighted by molar-refractivity contribution is 0.449. The molecule has 1 aliphatic rings. The monoisotopic (exact) mass is 377 g/mol. The molecular formula is C17H16INO. The van der Waals surface area contributed by atoms with Gasteiger partial charge in [0, 0.05) is 15.6 Å². The Labute approximate surface area is 133 Å². The molecule has 20 heavy (non-hydrogen) atoms. The molecule has 2 aromatic carbocycles. The first-order valence-electron chi connectivity index (χ1n) is 6.62. The predicted octanol–water partition coefficient (Wildman–Crippen LogP) is 4.48. The van der Waals surface area contributed by atoms with Gasteiger partial charge in [0.15, 0.2) is 0 Å². The molecule has 3 heteroatoms. The molecule has 0 spiro atoms. The molecule has 0 saturated carbocycles. The van der Waals surface area contributed by atoms with Crippen LogP contribution in [0.25, 0.3) is 0 Å². The van der Waals surface area contributed by atoms with Gasteiger partial charge >= 0.3 is 0 Å². The molecule has 0 N–H and O–H groups in total. The Morgan fingerprint density at radius 1 is 1.10 bits per heavy atom. The van der Waals surface area contributed by atoms with Crippen molar-refractivity contribution >= 4 is 28.5 Å². The molecule has 1 heterocycles. The molecule has 3 rings (SSSR count). The van der Waals surface area contributed by atoms with Gasteiger partial charge in [-0.2, -0.15) is 0 Å². The van der Waals surface area contributed by atoms with E-state index in [2.05, 4.69) is 66.8 Å². The number of nitrogens with zero attached hydrogens (tertiary/aromatic N) is 1. The first-order valence-corrected chi connectivity index (χ1v) is 8.15. The van der Waals surface area contributed by atoms with E-state index in [4.69, 9.17) is 9.73 Å². The van der Waals surface area contributed by atoms with Crippen molar-refractivity contribution in [3.8, 4) is 5.75 Å². The van der Waals surface area contributed by atoms with Gasteiger partial charge in [-0.25, -0.2) is 4.99 Å². The molecule has 0 bridgehead atoms. The number of para-hydroxylation sites is 1. The number of rotatable bonds is 2. The smallest absolute Gasteiger partial charge is 0.222 e. The highest BCUT2D eigenvalue weighted by Gasteiger charge is 2.33. The first-order chi connectivity index (χ1) is 9.62. The fourth-order valence-corrected chi connectivity index (χ4v) is 2.91. The van der Waals surface area contributed by atoms with Crippen LogP contribution in [0.4, 0.5) is 0 Å². The molecule has 2 nitrogen and oxygen atoms in total. The van der Waals surface area contributed by atoms with Crippen molar-refractivity contribution in [1.29, 1.82) is 0 Å². The van der Waals surface area contributed by atoms with E-state index >= 15 is 0 Å². The van der Waals surface area contributed by atoms with Crippen molar-refractivity contribution < 1.29 is 4.74 Å². The van der Waals surface area contributed by atoms with Crippen LogP contribution in [0.1, 0.15) is 23.6 Å². The lowest BCUT2D eigenvalue weighted by atomic mass is 9.93. The van der Waals surface area contributed by atoms with Crippen LogP contribution in [0.5, 0.6) is 5.75 Å². The molecule has 1 atom stereocenters. The van der Waals surface area contributed by atoms with Crippen molar-refractivity contribution in [3.63, 3.8) is 0 Å². The molecule has 0 fully saturated rings. The molecule has 1 unspecified atom stereocenters. The minimum atomic E-state index is -0.227. The molecule has 102 valence electrons. The number of halogens is 1. The first kappa shape index (κ1) is 13.6. The third-order valence-electron chi connectivity index (χ3n) is 3.58. The Balaban J connectivity index is 2.09. The third kappa shape index (κ3) is 2.35. The van der Waals surface area contributed by atoms with Crippen LogP contribution in [0.2, 0.25) is 0 Å². The van der Waals surface area contributed by atoms with Gasteiger partial charge < -0.3 is 4.74 Å². The second-order valence-electron chi connectivity index (χ2n) is 5.29. The van der Waals surface area contributed by atoms with Gasteiger partial charge in [-0.1, -0.05) is 58.5 Å². The highest BCUT2D eigenvalue weighted by molar-refractivity contribution is 14.1. The van der Waals surface area contributed by atoms with E-state index in [1.807, 2.05) is 18.2 Å². The van der Waals surface area contributed by atoms with Gasteiger partial charge in [-0.15, -0.1) is 0 Å². The molecule has 2 aromatic rings. The maximum atomic E-state index is 6.00. The number of aliphatic imine (C=N–C) groups is 1. The van der Waals surface area contributed by atoms with E-state index in [-0.39, 0.29) is 5.54 Å². The molecular weight excluding hydrogens is 361 g/mol. The van der Waals surface area contributed by atoms with Crippen LogP contribution < -0.4 is 4.74 Å². The largest absolute Gasteiger partial charge is 0.438 e.